The molecule has 3 aliphatic carbocycles. The van der Waals surface area contributed by atoms with Crippen molar-refractivity contribution in [1.82, 2.24) is 4.31 Å². The number of alkyl halides is 3. The third kappa shape index (κ3) is 3.92. The van der Waals surface area contributed by atoms with Crippen molar-refractivity contribution in [2.75, 3.05) is 7.05 Å². The van der Waals surface area contributed by atoms with E-state index in [9.17, 15) is 26.7 Å². The van der Waals surface area contributed by atoms with Crippen molar-refractivity contribution < 1.29 is 26.7 Å². The first-order valence-corrected chi connectivity index (χ1v) is 13.3. The average molecular weight is 494 g/mol. The second kappa shape index (κ2) is 7.98. The number of phenolic OH excluding ortho intramolecular Hbond substituents is 1. The van der Waals surface area contributed by atoms with E-state index in [1.54, 1.807) is 12.1 Å². The number of halogens is 3. The second-order valence-corrected chi connectivity index (χ2v) is 12.6. The molecule has 5 rings (SSSR count). The minimum atomic E-state index is -4.62. The quantitative estimate of drug-likeness (QED) is 0.578. The summed E-state index contributed by atoms with van der Waals surface area (Å²) in [7, 11) is -2.67. The van der Waals surface area contributed by atoms with Crippen LogP contribution in [0.3, 0.4) is 0 Å². The fraction of sp³-hybridized carbons (Fsp3) is 0.538. The van der Waals surface area contributed by atoms with Crippen LogP contribution in [0, 0.1) is 17.8 Å². The highest BCUT2D eigenvalue weighted by atomic mass is 32.2. The summed E-state index contributed by atoms with van der Waals surface area (Å²) >= 11 is 0. The molecule has 2 fully saturated rings. The van der Waals surface area contributed by atoms with Crippen molar-refractivity contribution in [1.29, 1.82) is 0 Å². The number of hydrogen-bond acceptors (Lipinski definition) is 3. The van der Waals surface area contributed by atoms with Crippen molar-refractivity contribution >= 4 is 10.0 Å². The predicted octanol–water partition coefficient (Wildman–Crippen LogP) is 5.74. The van der Waals surface area contributed by atoms with Gasteiger partial charge in [-0.1, -0.05) is 31.9 Å². The number of hydrogen-bond donors (Lipinski definition) is 1. The number of aromatic hydroxyl groups is 1. The van der Waals surface area contributed by atoms with Crippen LogP contribution in [0.5, 0.6) is 5.75 Å². The smallest absolute Gasteiger partial charge is 0.416 e. The van der Waals surface area contributed by atoms with Crippen molar-refractivity contribution in [2.45, 2.75) is 68.0 Å². The molecule has 2 aromatic carbocycles. The molecule has 1 unspecified atom stereocenters. The van der Waals surface area contributed by atoms with Crippen LogP contribution < -0.4 is 0 Å². The van der Waals surface area contributed by atoms with Gasteiger partial charge in [0.05, 0.1) is 10.5 Å². The molecule has 2 saturated carbocycles. The van der Waals surface area contributed by atoms with Crippen molar-refractivity contribution in [2.24, 2.45) is 17.8 Å². The maximum absolute atomic E-state index is 13.7. The standard InChI is InChI=1S/C26H30F3NO3S/c1-25-11-10-17(12-16-6-7-16)22(13-18-8-9-20(31)15-23(18)25)24(25)30(2)34(32,33)21-5-3-4-19(14-21)26(27,28)29/h3-5,8-9,14-17,22,24,31H,6-7,10-13H2,1-2H3/t17?,22-,24+,25+/m0/s1. The van der Waals surface area contributed by atoms with Crippen LogP contribution in [0.4, 0.5) is 13.2 Å². The lowest BCUT2D eigenvalue weighted by Gasteiger charge is -2.56. The Kier molecular flexibility index (Phi) is 5.56. The molecule has 4 atom stereocenters. The Hall–Kier alpha value is -2.06. The molecule has 2 aromatic rings. The van der Waals surface area contributed by atoms with Gasteiger partial charge in [-0.2, -0.15) is 17.5 Å². The molecule has 0 saturated heterocycles. The summed E-state index contributed by atoms with van der Waals surface area (Å²) in [4.78, 5) is -0.341. The van der Waals surface area contributed by atoms with Crippen LogP contribution in [-0.2, 0) is 28.0 Å². The normalized spacial score (nSPS) is 29.2. The van der Waals surface area contributed by atoms with Crippen LogP contribution in [-0.4, -0.2) is 30.9 Å². The fourth-order valence-corrected chi connectivity index (χ4v) is 8.12. The number of nitrogens with zero attached hydrogens (tertiary/aromatic N) is 1. The van der Waals surface area contributed by atoms with Gasteiger partial charge in [0.15, 0.2) is 0 Å². The molecule has 1 N–H and O–H groups in total. The largest absolute Gasteiger partial charge is 0.508 e. The SMILES string of the molecule is CN([C@@H]1[C@H]2Cc3ccc(O)cc3[C@@]1(C)CCC2CC1CC1)S(=O)(=O)c1cccc(C(F)(F)F)c1. The van der Waals surface area contributed by atoms with Gasteiger partial charge in [-0.3, -0.25) is 0 Å². The van der Waals surface area contributed by atoms with E-state index in [0.717, 1.165) is 48.6 Å². The Bertz CT molecular complexity index is 1210. The van der Waals surface area contributed by atoms with E-state index in [1.807, 2.05) is 13.0 Å². The molecule has 0 radical (unpaired) electrons. The second-order valence-electron chi connectivity index (χ2n) is 10.6. The van der Waals surface area contributed by atoms with Crippen LogP contribution in [0.15, 0.2) is 47.4 Å². The van der Waals surface area contributed by atoms with E-state index >= 15 is 0 Å². The van der Waals surface area contributed by atoms with Gasteiger partial charge in [0.25, 0.3) is 0 Å². The zero-order valence-corrected chi connectivity index (χ0v) is 20.2. The zero-order chi connectivity index (χ0) is 24.5. The van der Waals surface area contributed by atoms with Crippen molar-refractivity contribution in [3.63, 3.8) is 0 Å². The van der Waals surface area contributed by atoms with Gasteiger partial charge in [-0.05, 0) is 84.9 Å². The number of benzene rings is 2. The Morgan fingerprint density at radius 1 is 1.12 bits per heavy atom. The lowest BCUT2D eigenvalue weighted by molar-refractivity contribution is -0.137. The summed E-state index contributed by atoms with van der Waals surface area (Å²) in [6, 6.07) is 8.96. The van der Waals surface area contributed by atoms with Gasteiger partial charge in [-0.25, -0.2) is 8.42 Å². The number of sulfonamides is 1. The first kappa shape index (κ1) is 23.7. The molecular formula is C26H30F3NO3S. The number of likely N-dealkylation sites (N-methyl/N-ethyl adjacent to an activating group) is 1. The molecular weight excluding hydrogens is 463 g/mol. The van der Waals surface area contributed by atoms with Gasteiger partial charge in [0.1, 0.15) is 5.75 Å². The average Bonchev–Trinajstić information content (AvgIpc) is 3.60. The summed E-state index contributed by atoms with van der Waals surface area (Å²) in [5.74, 6) is 1.27. The van der Waals surface area contributed by atoms with E-state index in [2.05, 4.69) is 0 Å². The third-order valence-electron chi connectivity index (χ3n) is 8.43. The van der Waals surface area contributed by atoms with Gasteiger partial charge < -0.3 is 5.11 Å². The predicted molar refractivity (Wildman–Crippen MR) is 123 cm³/mol. The maximum atomic E-state index is 13.7. The Morgan fingerprint density at radius 2 is 1.85 bits per heavy atom. The molecule has 0 aliphatic heterocycles. The highest BCUT2D eigenvalue weighted by Crippen LogP contribution is 2.56. The Balaban J connectivity index is 1.59. The summed E-state index contributed by atoms with van der Waals surface area (Å²) in [5.41, 5.74) is 0.566. The van der Waals surface area contributed by atoms with Crippen molar-refractivity contribution in [3.05, 3.63) is 59.2 Å². The highest BCUT2D eigenvalue weighted by molar-refractivity contribution is 7.89. The topological polar surface area (TPSA) is 57.6 Å². The molecule has 0 aromatic heterocycles. The lowest BCUT2D eigenvalue weighted by atomic mass is 9.53. The summed E-state index contributed by atoms with van der Waals surface area (Å²) in [5, 5.41) is 10.2. The zero-order valence-electron chi connectivity index (χ0n) is 19.3. The van der Waals surface area contributed by atoms with Gasteiger partial charge >= 0.3 is 6.18 Å². The molecule has 8 heteroatoms. The number of fused-ring (bicyclic) bond motifs is 4. The summed E-state index contributed by atoms with van der Waals surface area (Å²) in [6.07, 6.45) is 1.34. The van der Waals surface area contributed by atoms with Crippen LogP contribution in [0.25, 0.3) is 0 Å². The van der Waals surface area contributed by atoms with Gasteiger partial charge in [0.2, 0.25) is 10.0 Å². The molecule has 34 heavy (non-hydrogen) atoms. The molecule has 0 amide bonds. The highest BCUT2D eigenvalue weighted by Gasteiger charge is 2.55. The van der Waals surface area contributed by atoms with E-state index < -0.39 is 33.2 Å². The van der Waals surface area contributed by atoms with Crippen LogP contribution >= 0.6 is 0 Å². The van der Waals surface area contributed by atoms with E-state index in [0.29, 0.717) is 18.3 Å². The molecule has 4 nitrogen and oxygen atoms in total. The fourth-order valence-electron chi connectivity index (χ4n) is 6.57. The monoisotopic (exact) mass is 493 g/mol. The first-order chi connectivity index (χ1) is 15.9. The van der Waals surface area contributed by atoms with Gasteiger partial charge in [0, 0.05) is 18.5 Å². The molecule has 0 heterocycles. The molecule has 184 valence electrons. The molecule has 3 aliphatic rings. The minimum Gasteiger partial charge on any atom is -0.508 e. The van der Waals surface area contributed by atoms with Crippen LogP contribution in [0.2, 0.25) is 0 Å². The number of rotatable bonds is 5. The van der Waals surface area contributed by atoms with E-state index in [-0.39, 0.29) is 16.6 Å². The van der Waals surface area contributed by atoms with Gasteiger partial charge in [-0.15, -0.1) is 0 Å². The lowest BCUT2D eigenvalue weighted by Crippen LogP contribution is -2.61. The Morgan fingerprint density at radius 3 is 2.53 bits per heavy atom. The Labute approximate surface area is 198 Å². The summed E-state index contributed by atoms with van der Waals surface area (Å²) in [6.45, 7) is 2.05. The van der Waals surface area contributed by atoms with E-state index in [1.165, 1.54) is 30.3 Å². The van der Waals surface area contributed by atoms with Crippen molar-refractivity contribution in [3.8, 4) is 5.75 Å². The van der Waals surface area contributed by atoms with Crippen LogP contribution in [0.1, 0.15) is 55.7 Å². The molecule has 2 bridgehead atoms. The third-order valence-corrected chi connectivity index (χ3v) is 10.3. The number of phenols is 1. The van der Waals surface area contributed by atoms with E-state index in [4.69, 9.17) is 0 Å². The maximum Gasteiger partial charge on any atom is 0.416 e. The minimum absolute atomic E-state index is 0.0713. The molecule has 0 spiro atoms. The first-order valence-electron chi connectivity index (χ1n) is 11.9. The summed E-state index contributed by atoms with van der Waals surface area (Å²) < 4.78 is 68.7.